The van der Waals surface area contributed by atoms with Crippen molar-refractivity contribution in [3.05, 3.63) is 157 Å². The average molecular weight is 1480 g/mol. The van der Waals surface area contributed by atoms with Gasteiger partial charge in [0.2, 0.25) is 11.8 Å². The minimum Gasteiger partial charge on any atom is -0.756 e. The zero-order valence-electron chi connectivity index (χ0n) is 54.6. The molecule has 0 bridgehead atoms. The first-order chi connectivity index (χ1) is 49.4. The number of ketones is 2. The number of hydrogen-bond acceptors (Lipinski definition) is 32. The number of anilines is 1. The van der Waals surface area contributed by atoms with Crippen molar-refractivity contribution >= 4 is 73.2 Å². The molecule has 3 aliphatic rings. The zero-order valence-corrected chi connectivity index (χ0v) is 56.4. The highest BCUT2D eigenvalue weighted by Crippen LogP contribution is 2.49. The number of nitro groups is 1. The third kappa shape index (κ3) is 19.2. The van der Waals surface area contributed by atoms with Gasteiger partial charge in [-0.3, -0.25) is 71.9 Å². The molecular formula is C61H63N15O26P2-2. The second kappa shape index (κ2) is 33.8. The molecule has 4 unspecified atom stereocenters. The van der Waals surface area contributed by atoms with E-state index in [9.17, 15) is 87.3 Å². The summed E-state index contributed by atoms with van der Waals surface area (Å²) in [5.41, 5.74) is 11.8. The number of nitrogens with two attached hydrogens (primary N) is 3. The molecule has 3 saturated heterocycles. The Bertz CT molecular complexity index is 4930. The Hall–Kier alpha value is -10.5. The van der Waals surface area contributed by atoms with Gasteiger partial charge in [0.1, 0.15) is 77.7 Å². The van der Waals surface area contributed by atoms with E-state index < -0.39 is 197 Å². The molecule has 0 spiro atoms. The highest BCUT2D eigenvalue weighted by atomic mass is 31.2. The number of fused-ring (bicyclic) bond motifs is 1. The largest absolute Gasteiger partial charge is 0.756 e. The van der Waals surface area contributed by atoms with E-state index in [1.807, 2.05) is 0 Å². The van der Waals surface area contributed by atoms with E-state index >= 15 is 0 Å². The summed E-state index contributed by atoms with van der Waals surface area (Å²) < 4.78 is 75.6. The molecule has 13 atom stereocenters. The number of Topliss-reactive ketones (excluding diaryl/α,β-unsaturated/α-hetero) is 2. The molecule has 9 rings (SSSR count). The smallest absolute Gasteiger partial charge is 0.330 e. The van der Waals surface area contributed by atoms with Crippen LogP contribution in [-0.2, 0) is 60.6 Å². The van der Waals surface area contributed by atoms with Crippen LogP contribution < -0.4 is 65.4 Å². The van der Waals surface area contributed by atoms with Crippen molar-refractivity contribution in [1.82, 2.24) is 49.6 Å². The fraction of sp³-hybridized carbons (Fsp3) is 0.393. The lowest BCUT2D eigenvalue weighted by atomic mass is 10.1. The van der Waals surface area contributed by atoms with Gasteiger partial charge in [-0.25, -0.2) is 19.6 Å². The van der Waals surface area contributed by atoms with Crippen molar-refractivity contribution in [1.29, 1.82) is 0 Å². The molecule has 550 valence electrons. The van der Waals surface area contributed by atoms with Crippen molar-refractivity contribution in [2.24, 2.45) is 16.6 Å². The standard InChI is InChI=1S/C61H65N15O26P2/c1-30(77)37-12-8-32(15-40(37)72-88)7-11-36-25-75(61(87)71-57(36)83)52-19-45(102-103(91,92)96-27-46-42(79)17-50(98-46)73-23-34(53-54(64)68-29-69-55(53)73)10-6-33-9-13-38(31(2)78)41(16-33)76(89)90)48(100-52)28-97-104(93,94)101-44-18-51(99-47(44)26-95-3)74-24-35(56(82)70-60(74)86)5-4-14-65-49(81)22-67-59(85)43(80)21-66-58(84)39(63)20-62/h8-9,12-13,15-16,23-25,29,39,42-48,50-52,79-80H,14,17-22,26-28,62-63H2,1-3H3,(H,65,81)(H,66,84)(H,67,85)(H,91,92)(H,93,94)(H2,64,68,69)(H,70,82,86)(H,71,83,87)/p-2/t39?,42-,43?,44-,45-,46+,47+,48+,50+,51+,52+/m0/s1. The van der Waals surface area contributed by atoms with E-state index in [1.54, 1.807) is 0 Å². The number of aliphatic hydroxyl groups excluding tert-OH is 2. The summed E-state index contributed by atoms with van der Waals surface area (Å²) in [7, 11) is -10.1. The van der Waals surface area contributed by atoms with Gasteiger partial charge in [0, 0.05) is 74.3 Å². The van der Waals surface area contributed by atoms with Crippen molar-refractivity contribution in [3.63, 3.8) is 0 Å². The maximum atomic E-state index is 13.9. The van der Waals surface area contributed by atoms with Crippen LogP contribution in [0.25, 0.3) is 11.0 Å². The molecule has 41 nitrogen and oxygen atoms in total. The van der Waals surface area contributed by atoms with Gasteiger partial charge in [-0.05, 0) is 49.4 Å². The SMILES string of the molecule is COC[C@H]1O[C@@H](n2cc(C#CCNC(=O)CNC(=O)C(O)CNC(=O)C(N)CN)c(=O)[nH]c2=O)C[C@@H]1OP(=O)([O-])OC[C@H]1O[C@@H](n2cc(C#Cc3ccc(C(C)=O)c(N=O)c3)c(=O)[nH]c2=O)C[C@@H]1OP(=O)([O-])OC[C@H]1O[C@@H](n2cc(C#Cc3ccc(C(C)=O)c([N+](=O)[O-])c3)c3c(N)ncnc32)C[C@@H]1O. The van der Waals surface area contributed by atoms with Gasteiger partial charge in [0.25, 0.3) is 38.4 Å². The van der Waals surface area contributed by atoms with Gasteiger partial charge in [-0.1, -0.05) is 35.5 Å². The Morgan fingerprint density at radius 2 is 1.29 bits per heavy atom. The number of ether oxygens (including phenoxy) is 4. The minimum atomic E-state index is -5.67. The number of methoxy groups -OCH3 is 1. The van der Waals surface area contributed by atoms with Crippen LogP contribution in [0, 0.1) is 50.5 Å². The summed E-state index contributed by atoms with van der Waals surface area (Å²) >= 11 is 0. The lowest BCUT2D eigenvalue weighted by Crippen LogP contribution is -2.50. The number of phosphoric ester groups is 2. The van der Waals surface area contributed by atoms with Crippen LogP contribution in [0.5, 0.6) is 0 Å². The topological polar surface area (TPSA) is 607 Å². The van der Waals surface area contributed by atoms with E-state index in [-0.39, 0.29) is 75.5 Å². The molecule has 0 radical (unpaired) electrons. The van der Waals surface area contributed by atoms with Crippen LogP contribution in [-0.4, -0.2) is 180 Å². The first-order valence-corrected chi connectivity index (χ1v) is 33.8. The third-order valence-electron chi connectivity index (χ3n) is 15.8. The molecule has 3 fully saturated rings. The number of nitrogen functional groups attached to an aromatic ring is 1. The lowest BCUT2D eigenvalue weighted by molar-refractivity contribution is -0.385. The molecule has 2 aromatic carbocycles. The number of nitro benzene ring substituents is 1. The van der Waals surface area contributed by atoms with Crippen LogP contribution in [0.2, 0.25) is 0 Å². The van der Waals surface area contributed by atoms with Crippen LogP contribution in [0.1, 0.15) is 100 Å². The fourth-order valence-corrected chi connectivity index (χ4v) is 12.6. The molecule has 104 heavy (non-hydrogen) atoms. The number of benzene rings is 2. The van der Waals surface area contributed by atoms with Gasteiger partial charge >= 0.3 is 11.4 Å². The molecule has 0 aliphatic carbocycles. The number of amides is 3. The summed E-state index contributed by atoms with van der Waals surface area (Å²) in [6, 6.07) is 6.50. The maximum absolute atomic E-state index is 13.9. The summed E-state index contributed by atoms with van der Waals surface area (Å²) in [5.74, 6) is 12.2. The quantitative estimate of drug-likeness (QED) is 0.00600. The Morgan fingerprint density at radius 3 is 1.87 bits per heavy atom. The van der Waals surface area contributed by atoms with Gasteiger partial charge in [-0.2, -0.15) is 0 Å². The monoisotopic (exact) mass is 1480 g/mol. The van der Waals surface area contributed by atoms with Gasteiger partial charge < -0.3 is 94.8 Å². The van der Waals surface area contributed by atoms with Crippen molar-refractivity contribution in [2.45, 2.75) is 101 Å². The summed E-state index contributed by atoms with van der Waals surface area (Å²) in [6.07, 6.45) is -12.1. The normalized spacial score (nSPS) is 21.5. The second-order valence-corrected chi connectivity index (χ2v) is 25.8. The number of aromatic amines is 2. The number of nitrogens with one attached hydrogen (secondary N) is 5. The molecule has 6 aromatic rings. The van der Waals surface area contributed by atoms with Gasteiger partial charge in [-0.15, -0.1) is 4.91 Å². The number of H-pyrrole nitrogens is 2. The number of carbonyl (C=O) groups excluding carboxylic acids is 5. The predicted molar refractivity (Wildman–Crippen MR) is 351 cm³/mol. The zero-order chi connectivity index (χ0) is 75.5. The maximum Gasteiger partial charge on any atom is 0.330 e. The Kier molecular flexibility index (Phi) is 25.2. The van der Waals surface area contributed by atoms with E-state index in [4.69, 9.17) is 54.2 Å². The first kappa shape index (κ1) is 77.7. The molecule has 13 N–H and O–H groups in total. The van der Waals surface area contributed by atoms with Crippen molar-refractivity contribution in [2.75, 3.05) is 58.8 Å². The fourth-order valence-electron chi connectivity index (χ4n) is 10.7. The number of aliphatic hydroxyl groups is 2. The Morgan fingerprint density at radius 1 is 0.750 bits per heavy atom. The molecule has 7 heterocycles. The molecular weight excluding hydrogens is 1420 g/mol. The van der Waals surface area contributed by atoms with Gasteiger partial charge in [0.15, 0.2) is 11.6 Å². The van der Waals surface area contributed by atoms with E-state index in [1.165, 1.54) is 62.1 Å². The lowest BCUT2D eigenvalue weighted by Gasteiger charge is -2.31. The number of rotatable bonds is 27. The Balaban J connectivity index is 0.893. The molecule has 3 aliphatic heterocycles. The van der Waals surface area contributed by atoms with E-state index in [0.29, 0.717) is 0 Å². The van der Waals surface area contributed by atoms with E-state index in [2.05, 4.69) is 76.6 Å². The number of nitrogens with zero attached hydrogens (tertiary/aromatic N) is 7. The molecule has 0 saturated carbocycles. The summed E-state index contributed by atoms with van der Waals surface area (Å²) in [4.78, 5) is 176. The van der Waals surface area contributed by atoms with Crippen molar-refractivity contribution < 1.29 is 95.1 Å². The highest BCUT2D eigenvalue weighted by molar-refractivity contribution is 7.46. The van der Waals surface area contributed by atoms with Crippen LogP contribution in [0.4, 0.5) is 17.2 Å². The number of aromatic nitrogens is 7. The Labute approximate surface area is 584 Å². The van der Waals surface area contributed by atoms with Gasteiger partial charge in [0.05, 0.1) is 85.2 Å². The molecule has 4 aromatic heterocycles. The first-order valence-electron chi connectivity index (χ1n) is 30.9. The highest BCUT2D eigenvalue weighted by Gasteiger charge is 2.44. The number of carbonyl (C=O) groups is 5. The van der Waals surface area contributed by atoms with Crippen molar-refractivity contribution in [3.8, 4) is 35.5 Å². The molecule has 3 amide bonds. The number of hydrogen-bond donors (Lipinski definition) is 10. The average Bonchev–Trinajstić information content (AvgIpc) is 1.62. The molecule has 43 heteroatoms. The predicted octanol–water partition coefficient (Wildman–Crippen LogP) is -3.42. The number of phosphoric acid groups is 2. The van der Waals surface area contributed by atoms with E-state index in [0.717, 1.165) is 33.9 Å². The minimum absolute atomic E-state index is 0.0167. The van der Waals surface area contributed by atoms with Crippen LogP contribution >= 0.6 is 15.6 Å². The third-order valence-corrected chi connectivity index (χ3v) is 17.8. The summed E-state index contributed by atoms with van der Waals surface area (Å²) in [6.45, 7) is -1.86. The second-order valence-electron chi connectivity index (χ2n) is 23.0. The van der Waals surface area contributed by atoms with Crippen LogP contribution in [0.15, 0.2) is 85.7 Å². The number of nitroso groups, excluding NO2 is 1. The summed E-state index contributed by atoms with van der Waals surface area (Å²) in [5, 5.41) is 42.8. The van der Waals surface area contributed by atoms with Crippen LogP contribution in [0.3, 0.4) is 0 Å².